The van der Waals surface area contributed by atoms with Gasteiger partial charge in [-0.1, -0.05) is 24.6 Å². The standard InChI is InChI=1S/C16H25ClN2O/c1-3-13(18)9-12-6-7-14(10-16(12)17)19(2)11-15-5-4-8-20-15/h6-7,10,13,15H,3-5,8-9,11,18H2,1-2H3. The van der Waals surface area contributed by atoms with Gasteiger partial charge < -0.3 is 15.4 Å². The second-order valence-corrected chi connectivity index (χ2v) is 6.07. The van der Waals surface area contributed by atoms with Crippen LogP contribution >= 0.6 is 11.6 Å². The normalized spacial score (nSPS) is 20.1. The Kier molecular flexibility index (Phi) is 5.70. The Bertz CT molecular complexity index is 432. The summed E-state index contributed by atoms with van der Waals surface area (Å²) in [6, 6.07) is 6.44. The molecule has 3 nitrogen and oxygen atoms in total. The zero-order valence-electron chi connectivity index (χ0n) is 12.4. The molecule has 2 rings (SSSR count). The first-order valence-electron chi connectivity index (χ1n) is 7.47. The van der Waals surface area contributed by atoms with Crippen molar-refractivity contribution in [2.45, 2.75) is 44.8 Å². The summed E-state index contributed by atoms with van der Waals surface area (Å²) in [4.78, 5) is 2.21. The molecule has 2 unspecified atom stereocenters. The van der Waals surface area contributed by atoms with Crippen LogP contribution in [0.2, 0.25) is 5.02 Å². The molecule has 0 radical (unpaired) electrons. The van der Waals surface area contributed by atoms with E-state index in [-0.39, 0.29) is 6.04 Å². The fraction of sp³-hybridized carbons (Fsp3) is 0.625. The first-order valence-corrected chi connectivity index (χ1v) is 7.84. The van der Waals surface area contributed by atoms with Gasteiger partial charge in [-0.05, 0) is 43.4 Å². The maximum atomic E-state index is 6.38. The Morgan fingerprint density at radius 1 is 1.50 bits per heavy atom. The van der Waals surface area contributed by atoms with E-state index >= 15 is 0 Å². The summed E-state index contributed by atoms with van der Waals surface area (Å²) in [5.74, 6) is 0. The van der Waals surface area contributed by atoms with Crippen LogP contribution in [-0.2, 0) is 11.2 Å². The molecule has 0 aliphatic carbocycles. The van der Waals surface area contributed by atoms with Crippen molar-refractivity contribution in [3.8, 4) is 0 Å². The Morgan fingerprint density at radius 2 is 2.30 bits per heavy atom. The van der Waals surface area contributed by atoms with E-state index in [0.29, 0.717) is 6.10 Å². The van der Waals surface area contributed by atoms with Crippen LogP contribution in [0.15, 0.2) is 18.2 Å². The monoisotopic (exact) mass is 296 g/mol. The largest absolute Gasteiger partial charge is 0.376 e. The zero-order chi connectivity index (χ0) is 14.5. The molecule has 0 aromatic heterocycles. The molecule has 0 saturated carbocycles. The van der Waals surface area contributed by atoms with Crippen molar-refractivity contribution >= 4 is 17.3 Å². The number of hydrogen-bond acceptors (Lipinski definition) is 3. The molecule has 0 spiro atoms. The van der Waals surface area contributed by atoms with Gasteiger partial charge in [-0.15, -0.1) is 0 Å². The molecule has 2 N–H and O–H groups in total. The summed E-state index contributed by atoms with van der Waals surface area (Å²) in [6.07, 6.45) is 4.49. The van der Waals surface area contributed by atoms with Gasteiger partial charge in [0.25, 0.3) is 0 Å². The number of likely N-dealkylation sites (N-methyl/N-ethyl adjacent to an activating group) is 1. The van der Waals surface area contributed by atoms with Gasteiger partial charge in [0.05, 0.1) is 6.10 Å². The molecule has 0 bridgehead atoms. The predicted octanol–water partition coefficient (Wildman–Crippen LogP) is 3.24. The van der Waals surface area contributed by atoms with E-state index in [1.165, 1.54) is 6.42 Å². The van der Waals surface area contributed by atoms with Crippen LogP contribution in [0, 0.1) is 0 Å². The van der Waals surface area contributed by atoms with Crippen LogP contribution in [-0.4, -0.2) is 32.3 Å². The van der Waals surface area contributed by atoms with Crippen molar-refractivity contribution in [1.29, 1.82) is 0 Å². The van der Waals surface area contributed by atoms with Crippen LogP contribution < -0.4 is 10.6 Å². The molecule has 20 heavy (non-hydrogen) atoms. The third-order valence-electron chi connectivity index (χ3n) is 3.99. The lowest BCUT2D eigenvalue weighted by Gasteiger charge is -2.23. The van der Waals surface area contributed by atoms with Crippen LogP contribution in [0.5, 0.6) is 0 Å². The van der Waals surface area contributed by atoms with E-state index in [1.54, 1.807) is 0 Å². The third kappa shape index (κ3) is 4.11. The summed E-state index contributed by atoms with van der Waals surface area (Å²) in [6.45, 7) is 3.92. The smallest absolute Gasteiger partial charge is 0.0750 e. The van der Waals surface area contributed by atoms with Crippen molar-refractivity contribution in [1.82, 2.24) is 0 Å². The summed E-state index contributed by atoms with van der Waals surface area (Å²) in [5.41, 5.74) is 8.27. The molecule has 1 saturated heterocycles. The van der Waals surface area contributed by atoms with Crippen molar-refractivity contribution in [2.75, 3.05) is 25.1 Å². The van der Waals surface area contributed by atoms with Crippen LogP contribution in [0.4, 0.5) is 5.69 Å². The lowest BCUT2D eigenvalue weighted by atomic mass is 10.0. The Morgan fingerprint density at radius 3 is 2.90 bits per heavy atom. The van der Waals surface area contributed by atoms with Crippen LogP contribution in [0.25, 0.3) is 0 Å². The van der Waals surface area contributed by atoms with Crippen LogP contribution in [0.1, 0.15) is 31.7 Å². The fourth-order valence-electron chi connectivity index (χ4n) is 2.57. The minimum Gasteiger partial charge on any atom is -0.376 e. The molecule has 0 amide bonds. The molecule has 1 heterocycles. The average Bonchev–Trinajstić information content (AvgIpc) is 2.93. The number of benzene rings is 1. The zero-order valence-corrected chi connectivity index (χ0v) is 13.2. The fourth-order valence-corrected chi connectivity index (χ4v) is 2.82. The molecule has 1 aromatic carbocycles. The molecular weight excluding hydrogens is 272 g/mol. The van der Waals surface area contributed by atoms with Gasteiger partial charge in [0.2, 0.25) is 0 Å². The first kappa shape index (κ1) is 15.6. The highest BCUT2D eigenvalue weighted by Gasteiger charge is 2.18. The van der Waals surface area contributed by atoms with Gasteiger partial charge in [-0.3, -0.25) is 0 Å². The van der Waals surface area contributed by atoms with Crippen molar-refractivity contribution in [2.24, 2.45) is 5.73 Å². The summed E-state index contributed by atoms with van der Waals surface area (Å²) in [5, 5.41) is 0.811. The topological polar surface area (TPSA) is 38.5 Å². The Labute approximate surface area is 127 Å². The van der Waals surface area contributed by atoms with Crippen molar-refractivity contribution in [3.63, 3.8) is 0 Å². The quantitative estimate of drug-likeness (QED) is 0.876. The van der Waals surface area contributed by atoms with Gasteiger partial charge >= 0.3 is 0 Å². The number of ether oxygens (including phenoxy) is 1. The van der Waals surface area contributed by atoms with Gasteiger partial charge in [-0.2, -0.15) is 0 Å². The van der Waals surface area contributed by atoms with E-state index in [1.807, 2.05) is 6.07 Å². The van der Waals surface area contributed by atoms with E-state index in [2.05, 4.69) is 31.0 Å². The number of anilines is 1. The Balaban J connectivity index is 1.99. The molecule has 1 aliphatic heterocycles. The summed E-state index contributed by atoms with van der Waals surface area (Å²) >= 11 is 6.38. The maximum absolute atomic E-state index is 6.38. The van der Waals surface area contributed by atoms with E-state index in [0.717, 1.165) is 48.7 Å². The highest BCUT2D eigenvalue weighted by molar-refractivity contribution is 6.31. The molecule has 1 aliphatic rings. The van der Waals surface area contributed by atoms with Gasteiger partial charge in [0.15, 0.2) is 0 Å². The van der Waals surface area contributed by atoms with Crippen LogP contribution in [0.3, 0.4) is 0 Å². The summed E-state index contributed by atoms with van der Waals surface area (Å²) in [7, 11) is 2.09. The van der Waals surface area contributed by atoms with Gasteiger partial charge in [0, 0.05) is 37.0 Å². The minimum absolute atomic E-state index is 0.183. The predicted molar refractivity (Wildman–Crippen MR) is 85.7 cm³/mol. The molecule has 1 fully saturated rings. The van der Waals surface area contributed by atoms with E-state index < -0.39 is 0 Å². The lowest BCUT2D eigenvalue weighted by molar-refractivity contribution is 0.116. The molecule has 1 aromatic rings. The Hall–Kier alpha value is -0.770. The van der Waals surface area contributed by atoms with E-state index in [9.17, 15) is 0 Å². The molecular formula is C16H25ClN2O. The summed E-state index contributed by atoms with van der Waals surface area (Å²) < 4.78 is 5.68. The SMILES string of the molecule is CCC(N)Cc1ccc(N(C)CC2CCCO2)cc1Cl. The highest BCUT2D eigenvalue weighted by atomic mass is 35.5. The second-order valence-electron chi connectivity index (χ2n) is 5.66. The lowest BCUT2D eigenvalue weighted by Crippen LogP contribution is -2.28. The average molecular weight is 297 g/mol. The second kappa shape index (κ2) is 7.30. The first-order chi connectivity index (χ1) is 9.60. The molecule has 112 valence electrons. The van der Waals surface area contributed by atoms with Gasteiger partial charge in [0.1, 0.15) is 0 Å². The number of hydrogen-bond donors (Lipinski definition) is 1. The molecule has 2 atom stereocenters. The maximum Gasteiger partial charge on any atom is 0.0750 e. The third-order valence-corrected chi connectivity index (χ3v) is 4.34. The number of halogens is 1. The minimum atomic E-state index is 0.183. The molecule has 4 heteroatoms. The van der Waals surface area contributed by atoms with Crippen molar-refractivity contribution < 1.29 is 4.74 Å². The van der Waals surface area contributed by atoms with Gasteiger partial charge in [-0.25, -0.2) is 0 Å². The number of nitrogens with two attached hydrogens (primary N) is 1. The van der Waals surface area contributed by atoms with E-state index in [4.69, 9.17) is 22.1 Å². The number of rotatable bonds is 6. The highest BCUT2D eigenvalue weighted by Crippen LogP contribution is 2.25. The van der Waals surface area contributed by atoms with Crippen molar-refractivity contribution in [3.05, 3.63) is 28.8 Å². The number of nitrogens with zero attached hydrogens (tertiary/aromatic N) is 1.